The van der Waals surface area contributed by atoms with Gasteiger partial charge >= 0.3 is 0 Å². The van der Waals surface area contributed by atoms with Crippen LogP contribution in [0.3, 0.4) is 0 Å². The van der Waals surface area contributed by atoms with Crippen LogP contribution in [0.4, 0.5) is 0 Å². The van der Waals surface area contributed by atoms with Gasteiger partial charge in [0, 0.05) is 157 Å². The van der Waals surface area contributed by atoms with Gasteiger partial charge in [0.2, 0.25) is 0 Å². The van der Waals surface area contributed by atoms with E-state index < -0.39 is 36.6 Å². The van der Waals surface area contributed by atoms with Crippen molar-refractivity contribution in [3.8, 4) is 0 Å². The minimum absolute atomic E-state index is 0. The molecule has 360 valence electrons. The monoisotopic (exact) mass is 1330 g/mol. The van der Waals surface area contributed by atoms with Crippen LogP contribution in [-0.2, 0) is 157 Å². The van der Waals surface area contributed by atoms with Gasteiger partial charge in [-0.25, -0.2) is 0 Å². The first-order valence-electron chi connectivity index (χ1n) is 18.7. The molecule has 59 heavy (non-hydrogen) atoms. The summed E-state index contributed by atoms with van der Waals surface area (Å²) in [5.74, 6) is 0. The van der Waals surface area contributed by atoms with Gasteiger partial charge in [0.25, 0.3) is 0 Å². The zero-order valence-corrected chi connectivity index (χ0v) is 52.1. The van der Waals surface area contributed by atoms with Crippen molar-refractivity contribution in [2.45, 2.75) is 194 Å². The van der Waals surface area contributed by atoms with Gasteiger partial charge in [-0.2, -0.15) is 0 Å². The van der Waals surface area contributed by atoms with Crippen molar-refractivity contribution in [1.29, 1.82) is 0 Å². The summed E-state index contributed by atoms with van der Waals surface area (Å²) < 4.78 is 0. The maximum atomic E-state index is 9.33. The molecule has 0 aliphatic rings. The molecular formula is C36H90O17Zr6. The van der Waals surface area contributed by atoms with E-state index in [0.717, 1.165) is 57.8 Å². The van der Waals surface area contributed by atoms with Crippen LogP contribution in [0.1, 0.15) is 139 Å². The zero-order valence-electron chi connectivity index (χ0n) is 37.3. The normalized spacial score (nSPS) is 11.0. The van der Waals surface area contributed by atoms with Gasteiger partial charge in [-0.15, -0.1) is 0 Å². The first-order valence-corrected chi connectivity index (χ1v) is 18.7. The molecule has 17 nitrogen and oxygen atoms in total. The molecule has 0 saturated carbocycles. The van der Waals surface area contributed by atoms with Crippen molar-refractivity contribution >= 4 is 0 Å². The van der Waals surface area contributed by atoms with Crippen molar-refractivity contribution < 1.29 is 245 Å². The van der Waals surface area contributed by atoms with Gasteiger partial charge in [0.05, 0.1) is 76.3 Å². The van der Waals surface area contributed by atoms with Crippen LogP contribution in [0.25, 0.3) is 0 Å². The molecule has 0 aliphatic heterocycles. The van der Waals surface area contributed by atoms with Crippen molar-refractivity contribution in [3.63, 3.8) is 0 Å². The number of rotatable bonds is 21. The van der Waals surface area contributed by atoms with Crippen molar-refractivity contribution in [2.75, 3.05) is 39.6 Å². The molecule has 0 aliphatic carbocycles. The Morgan fingerprint density at radius 1 is 0.288 bits per heavy atom. The average molecular weight is 1340 g/mol. The molecule has 3 atom stereocenters. The standard InChI is InChI=1S/C9H20O3.2C7H16O.C4H10O.3C3H8O3.2H2O.6Zr/c1-3-7(10)5-9(12)6-8(11)4-2;2*1-3-5-7(8)6-4-2;1-3-4(2)5;3*4-1-3(6)2-5;;;;;;;;/h7-12H,3-6H2,1-2H3;2*7-8H,3-6H2,1-2H3;4-5H,3H2,1-2H3;3*3-6H,1-2H2;2*1H2;;;;;;. The zero-order chi connectivity index (χ0) is 41.6. The number of aliphatic hydroxyl groups is 15. The van der Waals surface area contributed by atoms with E-state index in [4.69, 9.17) is 61.3 Å². The fourth-order valence-corrected chi connectivity index (χ4v) is 2.85. The third-order valence-corrected chi connectivity index (χ3v) is 6.37. The summed E-state index contributed by atoms with van der Waals surface area (Å²) in [5.41, 5.74) is 0. The third kappa shape index (κ3) is 127. The summed E-state index contributed by atoms with van der Waals surface area (Å²) >= 11 is 0. The quantitative estimate of drug-likeness (QED) is 0.0634. The van der Waals surface area contributed by atoms with E-state index in [-0.39, 0.29) is 226 Å². The third-order valence-electron chi connectivity index (χ3n) is 6.37. The molecule has 19 N–H and O–H groups in total. The minimum Gasteiger partial charge on any atom is -0.412 e. The van der Waals surface area contributed by atoms with Gasteiger partial charge in [0.1, 0.15) is 18.3 Å². The van der Waals surface area contributed by atoms with Gasteiger partial charge in [-0.1, -0.05) is 74.1 Å². The Balaban J connectivity index is -0.0000000293. The minimum atomic E-state index is -0.954. The molecule has 0 aromatic rings. The Morgan fingerprint density at radius 2 is 0.458 bits per heavy atom. The predicted molar refractivity (Wildman–Crippen MR) is 209 cm³/mol. The summed E-state index contributed by atoms with van der Waals surface area (Å²) in [6.45, 7) is 13.7. The topological polar surface area (TPSA) is 366 Å². The van der Waals surface area contributed by atoms with E-state index in [9.17, 15) is 15.3 Å². The molecule has 0 aromatic carbocycles. The van der Waals surface area contributed by atoms with Crippen LogP contribution < -0.4 is 0 Å². The molecule has 0 saturated heterocycles. The summed E-state index contributed by atoms with van der Waals surface area (Å²) in [6.07, 6.45) is 6.65. The molecule has 0 heterocycles. The molecule has 0 aromatic heterocycles. The number of hydrogen-bond donors (Lipinski definition) is 15. The fraction of sp³-hybridized carbons (Fsp3) is 1.00. The van der Waals surface area contributed by atoms with Gasteiger partial charge in [0.15, 0.2) is 0 Å². The first kappa shape index (κ1) is 106. The fourth-order valence-electron chi connectivity index (χ4n) is 2.85. The maximum Gasteiger partial charge on any atom is 0.100 e. The summed E-state index contributed by atoms with van der Waals surface area (Å²) in [7, 11) is 0. The summed E-state index contributed by atoms with van der Waals surface area (Å²) in [4.78, 5) is 0. The van der Waals surface area contributed by atoms with E-state index in [1.165, 1.54) is 0 Å². The number of hydrogen-bond acceptors (Lipinski definition) is 15. The van der Waals surface area contributed by atoms with Gasteiger partial charge in [-0.3, -0.25) is 0 Å². The van der Waals surface area contributed by atoms with E-state index in [2.05, 4.69) is 27.7 Å². The van der Waals surface area contributed by atoms with Crippen LogP contribution in [0, 0.1) is 0 Å². The molecule has 0 fully saturated rings. The summed E-state index contributed by atoms with van der Waals surface area (Å²) in [6, 6.07) is 0. The van der Waals surface area contributed by atoms with Crippen molar-refractivity contribution in [1.82, 2.24) is 0 Å². The Kier molecular flexibility index (Phi) is 166. The molecule has 0 rings (SSSR count). The largest absolute Gasteiger partial charge is 0.412 e. The van der Waals surface area contributed by atoms with Gasteiger partial charge < -0.3 is 87.6 Å². The average Bonchev–Trinajstić information content (AvgIpc) is 3.12. The van der Waals surface area contributed by atoms with Crippen LogP contribution in [-0.4, -0.2) is 182 Å². The Bertz CT molecular complexity index is 508. The predicted octanol–water partition coefficient (Wildman–Crippen LogP) is -1.33. The molecular weight excluding hydrogens is 1250 g/mol. The second-order valence-electron chi connectivity index (χ2n) is 12.0. The smallest absolute Gasteiger partial charge is 0.100 e. The van der Waals surface area contributed by atoms with Gasteiger partial charge in [-0.05, 0) is 64.7 Å². The van der Waals surface area contributed by atoms with Crippen LogP contribution in [0.15, 0.2) is 0 Å². The maximum absolute atomic E-state index is 9.33. The Hall–Kier alpha value is 4.62. The van der Waals surface area contributed by atoms with E-state index in [1.807, 2.05) is 20.8 Å². The van der Waals surface area contributed by atoms with Crippen LogP contribution >= 0.6 is 0 Å². The molecule has 23 heteroatoms. The van der Waals surface area contributed by atoms with Crippen LogP contribution in [0.2, 0.25) is 0 Å². The Labute approximate surface area is 472 Å². The summed E-state index contributed by atoms with van der Waals surface area (Å²) in [5, 5.41) is 126. The SMILES string of the molecule is CCC(C)O.CCC(O)CC(O)CC(O)CC.CCCC(O)CCC.CCCC(O)CCC.O.O.OCC(O)CO.OCC(O)CO.OCC(O)CO.[Zr].[Zr].[Zr].[Zr].[Zr].[Zr]. The second-order valence-corrected chi connectivity index (χ2v) is 12.0. The molecule has 0 radical (unpaired) electrons. The molecule has 3 unspecified atom stereocenters. The van der Waals surface area contributed by atoms with Crippen molar-refractivity contribution in [3.05, 3.63) is 0 Å². The molecule has 0 spiro atoms. The van der Waals surface area contributed by atoms with E-state index in [1.54, 1.807) is 6.92 Å². The molecule has 0 bridgehead atoms. The first-order chi connectivity index (χ1) is 23.9. The van der Waals surface area contributed by atoms with Crippen molar-refractivity contribution in [2.24, 2.45) is 0 Å². The Morgan fingerprint density at radius 3 is 0.542 bits per heavy atom. The van der Waals surface area contributed by atoms with E-state index in [0.29, 0.717) is 25.7 Å². The van der Waals surface area contributed by atoms with E-state index >= 15 is 0 Å². The molecule has 0 amide bonds. The second kappa shape index (κ2) is 92.8. The van der Waals surface area contributed by atoms with Crippen LogP contribution in [0.5, 0.6) is 0 Å². The number of aliphatic hydroxyl groups excluding tert-OH is 15.